The number of benzene rings is 1. The molecule has 58 valence electrons. The third-order valence-electron chi connectivity index (χ3n) is 1.95. The Bertz CT molecular complexity index is 296. The molecule has 0 amide bonds. The Labute approximate surface area is 64.3 Å². The van der Waals surface area contributed by atoms with E-state index < -0.39 is 0 Å². The highest BCUT2D eigenvalue weighted by Gasteiger charge is 2.15. The maximum absolute atomic E-state index is 9.33. The van der Waals surface area contributed by atoms with Crippen LogP contribution in [0.1, 0.15) is 5.56 Å². The van der Waals surface area contributed by atoms with Crippen molar-refractivity contribution in [1.29, 1.82) is 0 Å². The highest BCUT2D eigenvalue weighted by atomic mass is 16.3. The number of anilines is 1. The average molecular weight is 151 g/mol. The minimum absolute atomic E-state index is 0.0208. The molecule has 0 bridgehead atoms. The van der Waals surface area contributed by atoms with E-state index in [1.807, 2.05) is 0 Å². The van der Waals surface area contributed by atoms with Gasteiger partial charge in [-0.05, 0) is 18.6 Å². The van der Waals surface area contributed by atoms with Gasteiger partial charge in [-0.15, -0.1) is 0 Å². The normalized spacial score (nSPS) is 14.2. The zero-order valence-corrected chi connectivity index (χ0v) is 5.96. The van der Waals surface area contributed by atoms with Crippen molar-refractivity contribution in [1.82, 2.24) is 0 Å². The van der Waals surface area contributed by atoms with E-state index in [4.69, 9.17) is 5.11 Å². The minimum atomic E-state index is -0.0348. The molecule has 0 spiro atoms. The number of nitrogens with one attached hydrogen (secondary N) is 1. The van der Waals surface area contributed by atoms with Gasteiger partial charge in [0.2, 0.25) is 0 Å². The zero-order valence-electron chi connectivity index (χ0n) is 5.96. The van der Waals surface area contributed by atoms with E-state index in [2.05, 4.69) is 5.32 Å². The molecule has 3 heteroatoms. The summed E-state index contributed by atoms with van der Waals surface area (Å²) in [5.74, 6) is -0.0139. The van der Waals surface area contributed by atoms with E-state index in [0.29, 0.717) is 0 Å². The Morgan fingerprint density at radius 2 is 2.09 bits per heavy atom. The molecule has 3 nitrogen and oxygen atoms in total. The summed E-state index contributed by atoms with van der Waals surface area (Å²) < 4.78 is 0. The van der Waals surface area contributed by atoms with E-state index in [9.17, 15) is 5.11 Å². The van der Waals surface area contributed by atoms with Gasteiger partial charge in [-0.1, -0.05) is 0 Å². The predicted octanol–water partition coefficient (Wildman–Crippen LogP) is 1.07. The van der Waals surface area contributed by atoms with Gasteiger partial charge in [-0.3, -0.25) is 0 Å². The monoisotopic (exact) mass is 151 g/mol. The van der Waals surface area contributed by atoms with Crippen molar-refractivity contribution in [2.45, 2.75) is 6.42 Å². The van der Waals surface area contributed by atoms with Gasteiger partial charge in [0.25, 0.3) is 0 Å². The topological polar surface area (TPSA) is 52.5 Å². The predicted molar refractivity (Wildman–Crippen MR) is 42.0 cm³/mol. The first-order valence-electron chi connectivity index (χ1n) is 3.57. The summed E-state index contributed by atoms with van der Waals surface area (Å²) in [4.78, 5) is 0. The van der Waals surface area contributed by atoms with Crippen LogP contribution in [-0.4, -0.2) is 16.8 Å². The summed E-state index contributed by atoms with van der Waals surface area (Å²) in [7, 11) is 0. The van der Waals surface area contributed by atoms with Gasteiger partial charge in [-0.2, -0.15) is 0 Å². The van der Waals surface area contributed by atoms with Crippen LogP contribution in [0.4, 0.5) is 5.69 Å². The molecule has 0 aromatic heterocycles. The van der Waals surface area contributed by atoms with Crippen LogP contribution in [0.3, 0.4) is 0 Å². The van der Waals surface area contributed by atoms with Crippen molar-refractivity contribution in [2.75, 3.05) is 11.9 Å². The molecule has 2 rings (SSSR count). The van der Waals surface area contributed by atoms with Crippen LogP contribution >= 0.6 is 0 Å². The molecule has 1 aliphatic heterocycles. The lowest BCUT2D eigenvalue weighted by Gasteiger charge is -2.02. The van der Waals surface area contributed by atoms with Gasteiger partial charge in [-0.25, -0.2) is 0 Å². The third-order valence-corrected chi connectivity index (χ3v) is 1.95. The van der Waals surface area contributed by atoms with Crippen LogP contribution in [0.25, 0.3) is 0 Å². The molecule has 1 heterocycles. The standard InChI is InChI=1S/C8H9NO2/c10-7-2-1-6-5(8(7)11)3-4-9-6/h1-2,9-11H,3-4H2. The molecule has 0 atom stereocenters. The SMILES string of the molecule is Oc1ccc2c(c1O)CCN2. The van der Waals surface area contributed by atoms with Crippen LogP contribution in [-0.2, 0) is 6.42 Å². The molecule has 1 aromatic carbocycles. The largest absolute Gasteiger partial charge is 0.504 e. The molecule has 0 fully saturated rings. The van der Waals surface area contributed by atoms with Crippen molar-refractivity contribution >= 4 is 5.69 Å². The van der Waals surface area contributed by atoms with Crippen LogP contribution in [0.5, 0.6) is 11.5 Å². The Morgan fingerprint density at radius 3 is 2.91 bits per heavy atom. The number of fused-ring (bicyclic) bond motifs is 1. The maximum atomic E-state index is 9.33. The second-order valence-electron chi connectivity index (χ2n) is 2.64. The lowest BCUT2D eigenvalue weighted by atomic mass is 10.1. The van der Waals surface area contributed by atoms with Gasteiger partial charge >= 0.3 is 0 Å². The highest BCUT2D eigenvalue weighted by Crippen LogP contribution is 2.36. The number of hydrogen-bond acceptors (Lipinski definition) is 3. The van der Waals surface area contributed by atoms with E-state index in [-0.39, 0.29) is 11.5 Å². The molecule has 0 unspecified atom stereocenters. The zero-order chi connectivity index (χ0) is 7.84. The van der Waals surface area contributed by atoms with Gasteiger partial charge in [0, 0.05) is 17.8 Å². The molecular weight excluding hydrogens is 142 g/mol. The summed E-state index contributed by atoms with van der Waals surface area (Å²) in [5, 5.41) is 21.5. The maximum Gasteiger partial charge on any atom is 0.162 e. The quantitative estimate of drug-likeness (QED) is 0.384. The summed E-state index contributed by atoms with van der Waals surface area (Å²) in [6.07, 6.45) is 0.787. The molecule has 0 aliphatic carbocycles. The van der Waals surface area contributed by atoms with Crippen LogP contribution < -0.4 is 5.32 Å². The molecule has 1 aliphatic rings. The first-order chi connectivity index (χ1) is 5.29. The fourth-order valence-corrected chi connectivity index (χ4v) is 1.36. The Kier molecular flexibility index (Phi) is 1.18. The van der Waals surface area contributed by atoms with Gasteiger partial charge in [0.05, 0.1) is 0 Å². The number of phenols is 2. The number of phenolic OH excluding ortho intramolecular Hbond substituents is 2. The van der Waals surface area contributed by atoms with Crippen LogP contribution in [0.15, 0.2) is 12.1 Å². The van der Waals surface area contributed by atoms with Gasteiger partial charge in [0.15, 0.2) is 11.5 Å². The third kappa shape index (κ3) is 0.808. The van der Waals surface area contributed by atoms with E-state index in [1.54, 1.807) is 6.07 Å². The van der Waals surface area contributed by atoms with Gasteiger partial charge < -0.3 is 15.5 Å². The van der Waals surface area contributed by atoms with Gasteiger partial charge in [0.1, 0.15) is 0 Å². The second-order valence-corrected chi connectivity index (χ2v) is 2.64. The fraction of sp³-hybridized carbons (Fsp3) is 0.250. The summed E-state index contributed by atoms with van der Waals surface area (Å²) in [6, 6.07) is 3.27. The lowest BCUT2D eigenvalue weighted by molar-refractivity contribution is 0.401. The average Bonchev–Trinajstić information content (AvgIpc) is 2.45. The molecule has 0 saturated carbocycles. The lowest BCUT2D eigenvalue weighted by Crippen LogP contribution is -1.90. The number of aromatic hydroxyl groups is 2. The Hall–Kier alpha value is -1.38. The van der Waals surface area contributed by atoms with Crippen molar-refractivity contribution in [2.24, 2.45) is 0 Å². The smallest absolute Gasteiger partial charge is 0.162 e. The highest BCUT2D eigenvalue weighted by molar-refractivity contribution is 5.64. The molecular formula is C8H9NO2. The molecule has 3 N–H and O–H groups in total. The fourth-order valence-electron chi connectivity index (χ4n) is 1.36. The first-order valence-corrected chi connectivity index (χ1v) is 3.57. The molecule has 0 radical (unpaired) electrons. The molecule has 11 heavy (non-hydrogen) atoms. The molecule has 1 aromatic rings. The summed E-state index contributed by atoms with van der Waals surface area (Å²) in [5.41, 5.74) is 1.75. The number of hydrogen-bond donors (Lipinski definition) is 3. The van der Waals surface area contributed by atoms with Crippen LogP contribution in [0, 0.1) is 0 Å². The summed E-state index contributed by atoms with van der Waals surface area (Å²) >= 11 is 0. The van der Waals surface area contributed by atoms with Crippen molar-refractivity contribution in [3.05, 3.63) is 17.7 Å². The number of rotatable bonds is 0. The van der Waals surface area contributed by atoms with E-state index >= 15 is 0 Å². The van der Waals surface area contributed by atoms with E-state index in [0.717, 1.165) is 24.2 Å². The minimum Gasteiger partial charge on any atom is -0.504 e. The van der Waals surface area contributed by atoms with Crippen molar-refractivity contribution in [3.63, 3.8) is 0 Å². The van der Waals surface area contributed by atoms with Crippen molar-refractivity contribution < 1.29 is 10.2 Å². The molecule has 0 saturated heterocycles. The second kappa shape index (κ2) is 2.05. The first kappa shape index (κ1) is 6.34. The van der Waals surface area contributed by atoms with E-state index in [1.165, 1.54) is 6.07 Å². The van der Waals surface area contributed by atoms with Crippen LogP contribution in [0.2, 0.25) is 0 Å². The Balaban J connectivity index is 2.62. The Morgan fingerprint density at radius 1 is 1.27 bits per heavy atom. The van der Waals surface area contributed by atoms with Crippen molar-refractivity contribution in [3.8, 4) is 11.5 Å². The summed E-state index contributed by atoms with van der Waals surface area (Å²) in [6.45, 7) is 0.840.